The van der Waals surface area contributed by atoms with E-state index in [0.717, 1.165) is 38.8 Å². The molecule has 2 saturated heterocycles. The molecule has 3 rings (SSSR count). The second-order valence-electron chi connectivity index (χ2n) is 7.03. The summed E-state index contributed by atoms with van der Waals surface area (Å²) in [4.78, 5) is 15.0. The minimum Gasteiger partial charge on any atom is -0.493 e. The van der Waals surface area contributed by atoms with Gasteiger partial charge >= 0.3 is 0 Å². The third-order valence-electron chi connectivity index (χ3n) is 5.37. The second kappa shape index (κ2) is 8.48. The highest BCUT2D eigenvalue weighted by atomic mass is 32.2. The molecule has 2 aliphatic heterocycles. The van der Waals surface area contributed by atoms with Crippen molar-refractivity contribution in [2.45, 2.75) is 49.5 Å². The van der Waals surface area contributed by atoms with E-state index in [1.54, 1.807) is 6.07 Å². The summed E-state index contributed by atoms with van der Waals surface area (Å²) in [6.45, 7) is 1.81. The lowest BCUT2D eigenvalue weighted by atomic mass is 10.2. The molecule has 0 N–H and O–H groups in total. The van der Waals surface area contributed by atoms with Gasteiger partial charge in [-0.05, 0) is 37.8 Å². The lowest BCUT2D eigenvalue weighted by molar-refractivity contribution is -0.134. The summed E-state index contributed by atoms with van der Waals surface area (Å²) in [7, 11) is -0.818. The molecule has 27 heavy (non-hydrogen) atoms. The van der Waals surface area contributed by atoms with Gasteiger partial charge in [-0.3, -0.25) is 4.79 Å². The zero-order valence-corrected chi connectivity index (χ0v) is 16.8. The van der Waals surface area contributed by atoms with Crippen molar-refractivity contribution in [2.75, 3.05) is 33.9 Å². The van der Waals surface area contributed by atoms with Crippen LogP contribution in [0.5, 0.6) is 11.5 Å². The highest BCUT2D eigenvalue weighted by molar-refractivity contribution is 7.89. The van der Waals surface area contributed by atoms with Crippen molar-refractivity contribution in [3.8, 4) is 11.5 Å². The number of rotatable bonds is 5. The van der Waals surface area contributed by atoms with Crippen molar-refractivity contribution >= 4 is 15.9 Å². The lowest BCUT2D eigenvalue weighted by Crippen LogP contribution is -2.48. The van der Waals surface area contributed by atoms with Crippen molar-refractivity contribution in [1.82, 2.24) is 9.21 Å². The second-order valence-corrected chi connectivity index (χ2v) is 8.92. The number of methoxy groups -OCH3 is 2. The maximum atomic E-state index is 13.2. The number of benzene rings is 1. The molecule has 1 aromatic carbocycles. The van der Waals surface area contributed by atoms with Gasteiger partial charge in [-0.25, -0.2) is 8.42 Å². The van der Waals surface area contributed by atoms with Crippen LogP contribution in [0, 0.1) is 0 Å². The summed E-state index contributed by atoms with van der Waals surface area (Å²) in [6.07, 6.45) is 5.49. The number of likely N-dealkylation sites (tertiary alicyclic amines) is 1. The van der Waals surface area contributed by atoms with E-state index in [1.165, 1.54) is 30.7 Å². The number of amides is 1. The Kier molecular flexibility index (Phi) is 6.26. The Morgan fingerprint density at radius 3 is 2.26 bits per heavy atom. The molecule has 0 radical (unpaired) electrons. The van der Waals surface area contributed by atoms with Gasteiger partial charge in [-0.1, -0.05) is 12.8 Å². The first-order chi connectivity index (χ1) is 13.0. The predicted octanol–water partition coefficient (Wildman–Crippen LogP) is 2.26. The molecule has 0 aromatic heterocycles. The SMILES string of the molecule is COc1ccc(S(=O)(=O)N2CCCC2C(=O)N2CCCCCC2)cc1OC. The standard InChI is InChI=1S/C19H28N2O5S/c1-25-17-10-9-15(14-18(17)26-2)27(23,24)21-13-7-8-16(21)19(22)20-11-5-3-4-6-12-20/h9-10,14,16H,3-8,11-13H2,1-2H3. The number of hydrogen-bond acceptors (Lipinski definition) is 5. The van der Waals surface area contributed by atoms with Gasteiger partial charge in [0.2, 0.25) is 15.9 Å². The largest absolute Gasteiger partial charge is 0.493 e. The fraction of sp³-hybridized carbons (Fsp3) is 0.632. The van der Waals surface area contributed by atoms with Gasteiger partial charge < -0.3 is 14.4 Å². The van der Waals surface area contributed by atoms with E-state index in [4.69, 9.17) is 9.47 Å². The van der Waals surface area contributed by atoms with Crippen LogP contribution in [-0.2, 0) is 14.8 Å². The molecule has 1 amide bonds. The van der Waals surface area contributed by atoms with E-state index in [1.807, 2.05) is 4.90 Å². The summed E-state index contributed by atoms with van der Waals surface area (Å²) in [6, 6.07) is 3.93. The molecule has 150 valence electrons. The topological polar surface area (TPSA) is 76.2 Å². The molecular weight excluding hydrogens is 368 g/mol. The van der Waals surface area contributed by atoms with E-state index in [9.17, 15) is 13.2 Å². The first-order valence-electron chi connectivity index (χ1n) is 9.51. The third kappa shape index (κ3) is 4.06. The van der Waals surface area contributed by atoms with Crippen LogP contribution >= 0.6 is 0 Å². The Hall–Kier alpha value is -1.80. The van der Waals surface area contributed by atoms with Gasteiger partial charge in [0.05, 0.1) is 19.1 Å². The summed E-state index contributed by atoms with van der Waals surface area (Å²) < 4.78 is 38.2. The first kappa shape index (κ1) is 19.9. The third-order valence-corrected chi connectivity index (χ3v) is 7.27. The Labute approximate surface area is 161 Å². The van der Waals surface area contributed by atoms with Crippen molar-refractivity contribution in [3.63, 3.8) is 0 Å². The smallest absolute Gasteiger partial charge is 0.243 e. The molecule has 0 bridgehead atoms. The van der Waals surface area contributed by atoms with E-state index < -0.39 is 16.1 Å². The molecule has 8 heteroatoms. The number of carbonyl (C=O) groups is 1. The Bertz CT molecular complexity index is 772. The van der Waals surface area contributed by atoms with Crippen LogP contribution in [0.1, 0.15) is 38.5 Å². The van der Waals surface area contributed by atoms with E-state index in [-0.39, 0.29) is 10.8 Å². The monoisotopic (exact) mass is 396 g/mol. The molecule has 0 spiro atoms. The normalized spacial score (nSPS) is 21.7. The molecule has 7 nitrogen and oxygen atoms in total. The summed E-state index contributed by atoms with van der Waals surface area (Å²) in [5, 5.41) is 0. The molecule has 1 aromatic rings. The van der Waals surface area contributed by atoms with Crippen LogP contribution in [-0.4, -0.2) is 63.4 Å². The Morgan fingerprint density at radius 2 is 1.63 bits per heavy atom. The maximum Gasteiger partial charge on any atom is 0.243 e. The quantitative estimate of drug-likeness (QED) is 0.763. The fourth-order valence-electron chi connectivity index (χ4n) is 3.89. The van der Waals surface area contributed by atoms with E-state index in [2.05, 4.69) is 0 Å². The molecular formula is C19H28N2O5S. The van der Waals surface area contributed by atoms with Crippen molar-refractivity contribution in [3.05, 3.63) is 18.2 Å². The number of nitrogens with zero attached hydrogens (tertiary/aromatic N) is 2. The number of carbonyl (C=O) groups excluding carboxylic acids is 1. The van der Waals surface area contributed by atoms with Gasteiger partial charge in [0.1, 0.15) is 6.04 Å². The molecule has 2 aliphatic rings. The first-order valence-corrected chi connectivity index (χ1v) is 11.0. The van der Waals surface area contributed by atoms with Crippen LogP contribution in [0.25, 0.3) is 0 Å². The van der Waals surface area contributed by atoms with Gasteiger partial charge in [0.25, 0.3) is 0 Å². The number of hydrogen-bond donors (Lipinski definition) is 0. The minimum absolute atomic E-state index is 0.0570. The highest BCUT2D eigenvalue weighted by Gasteiger charge is 2.41. The minimum atomic E-state index is -3.79. The number of sulfonamides is 1. The highest BCUT2D eigenvalue weighted by Crippen LogP contribution is 2.33. The predicted molar refractivity (Wildman–Crippen MR) is 102 cm³/mol. The molecule has 1 unspecified atom stereocenters. The van der Waals surface area contributed by atoms with Crippen molar-refractivity contribution < 1.29 is 22.7 Å². The zero-order valence-electron chi connectivity index (χ0n) is 16.0. The lowest BCUT2D eigenvalue weighted by Gasteiger charge is -2.29. The van der Waals surface area contributed by atoms with Gasteiger partial charge in [-0.2, -0.15) is 4.31 Å². The van der Waals surface area contributed by atoms with Crippen LogP contribution < -0.4 is 9.47 Å². The number of ether oxygens (including phenoxy) is 2. The molecule has 2 fully saturated rings. The summed E-state index contributed by atoms with van der Waals surface area (Å²) in [5.41, 5.74) is 0. The fourth-order valence-corrected chi connectivity index (χ4v) is 5.56. The average molecular weight is 397 g/mol. The van der Waals surface area contributed by atoms with Crippen LogP contribution in [0.3, 0.4) is 0 Å². The van der Waals surface area contributed by atoms with Crippen molar-refractivity contribution in [1.29, 1.82) is 0 Å². The van der Waals surface area contributed by atoms with Crippen LogP contribution in [0.2, 0.25) is 0 Å². The Morgan fingerprint density at radius 1 is 0.963 bits per heavy atom. The zero-order chi connectivity index (χ0) is 19.4. The molecule has 1 atom stereocenters. The van der Waals surface area contributed by atoms with E-state index in [0.29, 0.717) is 30.9 Å². The average Bonchev–Trinajstić information content (AvgIpc) is 3.03. The van der Waals surface area contributed by atoms with Crippen LogP contribution in [0.4, 0.5) is 0 Å². The maximum absolute atomic E-state index is 13.2. The molecule has 2 heterocycles. The van der Waals surface area contributed by atoms with Gasteiger partial charge in [-0.15, -0.1) is 0 Å². The summed E-state index contributed by atoms with van der Waals surface area (Å²) >= 11 is 0. The summed E-state index contributed by atoms with van der Waals surface area (Å²) in [5.74, 6) is 0.765. The molecule has 0 saturated carbocycles. The molecule has 0 aliphatic carbocycles. The van der Waals surface area contributed by atoms with Crippen LogP contribution in [0.15, 0.2) is 23.1 Å². The van der Waals surface area contributed by atoms with Crippen molar-refractivity contribution in [2.24, 2.45) is 0 Å². The van der Waals surface area contributed by atoms with Gasteiger partial charge in [0, 0.05) is 25.7 Å². The Balaban J connectivity index is 1.85. The van der Waals surface area contributed by atoms with E-state index >= 15 is 0 Å². The van der Waals surface area contributed by atoms with Gasteiger partial charge in [0.15, 0.2) is 11.5 Å².